The van der Waals surface area contributed by atoms with Crippen molar-refractivity contribution in [1.29, 1.82) is 0 Å². The van der Waals surface area contributed by atoms with Crippen LogP contribution in [0.15, 0.2) is 6.07 Å². The molecule has 0 radical (unpaired) electrons. The first-order valence-corrected chi connectivity index (χ1v) is 7.04. The first-order chi connectivity index (χ1) is 8.88. The summed E-state index contributed by atoms with van der Waals surface area (Å²) in [6.45, 7) is 0.617. The molecule has 0 bridgehead atoms. The molecule has 1 aromatic heterocycles. The molecule has 2 N–H and O–H groups in total. The minimum Gasteiger partial charge on any atom is -0.373 e. The number of nitrogens with one attached hydrogen (secondary N) is 2. The highest BCUT2D eigenvalue weighted by atomic mass is 32.2. The van der Waals surface area contributed by atoms with E-state index >= 15 is 0 Å². The van der Waals surface area contributed by atoms with Crippen LogP contribution < -0.4 is 10.6 Å². The molecule has 0 spiro atoms. The van der Waals surface area contributed by atoms with Crippen molar-refractivity contribution in [3.8, 4) is 0 Å². The topological polar surface area (TPSA) is 49.8 Å². The predicted octanol–water partition coefficient (Wildman–Crippen LogP) is 2.84. The van der Waals surface area contributed by atoms with E-state index in [0.717, 1.165) is 12.8 Å². The van der Waals surface area contributed by atoms with Gasteiger partial charge in [-0.3, -0.25) is 0 Å². The average molecular weight is 292 g/mol. The Hall–Kier alpha value is -1.18. The van der Waals surface area contributed by atoms with Gasteiger partial charge in [-0.1, -0.05) is 0 Å². The molecular formula is C11H15F3N4S. The maximum Gasteiger partial charge on any atom is 0.451 e. The Bertz CT molecular complexity index is 460. The number of hydrogen-bond acceptors (Lipinski definition) is 5. The molecular weight excluding hydrogens is 277 g/mol. The highest BCUT2D eigenvalue weighted by Gasteiger charge is 2.42. The van der Waals surface area contributed by atoms with E-state index in [1.54, 1.807) is 11.8 Å². The summed E-state index contributed by atoms with van der Waals surface area (Å²) in [5.41, 5.74) is 0. The van der Waals surface area contributed by atoms with Crippen molar-refractivity contribution in [3.63, 3.8) is 0 Å². The van der Waals surface area contributed by atoms with Crippen LogP contribution in [0.4, 0.5) is 24.8 Å². The number of rotatable bonds is 5. The van der Waals surface area contributed by atoms with E-state index in [0.29, 0.717) is 6.54 Å². The maximum atomic E-state index is 12.7. The Kier molecular flexibility index (Phi) is 3.80. The first-order valence-electron chi connectivity index (χ1n) is 5.82. The standard InChI is InChI=1S/C11H15F3N4S/c1-15-7-5-8(16-6-10(19-2)3-4-10)18-9(17-7)11(12,13)14/h5H,3-4,6H2,1-2H3,(H2,15,16,17,18). The van der Waals surface area contributed by atoms with Gasteiger partial charge >= 0.3 is 6.18 Å². The summed E-state index contributed by atoms with van der Waals surface area (Å²) >= 11 is 1.73. The summed E-state index contributed by atoms with van der Waals surface area (Å²) in [5, 5.41) is 5.58. The van der Waals surface area contributed by atoms with E-state index < -0.39 is 12.0 Å². The molecule has 2 rings (SSSR count). The smallest absolute Gasteiger partial charge is 0.373 e. The van der Waals surface area contributed by atoms with E-state index in [9.17, 15) is 13.2 Å². The lowest BCUT2D eigenvalue weighted by Gasteiger charge is -2.15. The lowest BCUT2D eigenvalue weighted by Crippen LogP contribution is -2.20. The molecule has 19 heavy (non-hydrogen) atoms. The van der Waals surface area contributed by atoms with Crippen molar-refractivity contribution in [2.75, 3.05) is 30.5 Å². The maximum absolute atomic E-state index is 12.7. The summed E-state index contributed by atoms with van der Waals surface area (Å²) in [5.74, 6) is -0.776. The second kappa shape index (κ2) is 5.07. The van der Waals surface area contributed by atoms with Gasteiger partial charge in [0.25, 0.3) is 0 Å². The van der Waals surface area contributed by atoms with Crippen molar-refractivity contribution >= 4 is 23.4 Å². The van der Waals surface area contributed by atoms with Gasteiger partial charge in [0.05, 0.1) is 0 Å². The third kappa shape index (κ3) is 3.43. The van der Waals surface area contributed by atoms with E-state index in [-0.39, 0.29) is 16.4 Å². The van der Waals surface area contributed by atoms with Gasteiger partial charge in [0.1, 0.15) is 11.6 Å². The molecule has 0 atom stereocenters. The average Bonchev–Trinajstić information content (AvgIpc) is 3.15. The lowest BCUT2D eigenvalue weighted by atomic mass is 10.4. The predicted molar refractivity (Wildman–Crippen MR) is 70.6 cm³/mol. The van der Waals surface area contributed by atoms with Crippen LogP contribution in [0.25, 0.3) is 0 Å². The van der Waals surface area contributed by atoms with E-state index in [2.05, 4.69) is 20.6 Å². The van der Waals surface area contributed by atoms with Gasteiger partial charge in [-0.15, -0.1) is 0 Å². The van der Waals surface area contributed by atoms with Gasteiger partial charge in [-0.05, 0) is 19.1 Å². The van der Waals surface area contributed by atoms with Crippen LogP contribution >= 0.6 is 11.8 Å². The minimum absolute atomic E-state index is 0.152. The van der Waals surface area contributed by atoms with Crippen LogP contribution in [0.2, 0.25) is 0 Å². The van der Waals surface area contributed by atoms with E-state index in [1.807, 2.05) is 6.26 Å². The van der Waals surface area contributed by atoms with Gasteiger partial charge in [-0.25, -0.2) is 9.97 Å². The SMILES string of the molecule is CNc1cc(NCC2(SC)CC2)nc(C(F)(F)F)n1. The molecule has 1 aromatic rings. The minimum atomic E-state index is -4.54. The molecule has 1 saturated carbocycles. The van der Waals surface area contributed by atoms with Crippen molar-refractivity contribution in [2.24, 2.45) is 0 Å². The third-order valence-electron chi connectivity index (χ3n) is 3.07. The molecule has 0 aromatic carbocycles. The van der Waals surface area contributed by atoms with Crippen LogP contribution in [0.1, 0.15) is 18.7 Å². The molecule has 1 aliphatic carbocycles. The Morgan fingerprint density at radius 1 is 1.32 bits per heavy atom. The largest absolute Gasteiger partial charge is 0.451 e. The van der Waals surface area contributed by atoms with Crippen molar-refractivity contribution in [2.45, 2.75) is 23.8 Å². The van der Waals surface area contributed by atoms with Crippen molar-refractivity contribution < 1.29 is 13.2 Å². The number of aromatic nitrogens is 2. The zero-order chi connectivity index (χ0) is 14.1. The highest BCUT2D eigenvalue weighted by molar-refractivity contribution is 8.00. The number of anilines is 2. The van der Waals surface area contributed by atoms with E-state index in [4.69, 9.17) is 0 Å². The second-order valence-corrected chi connectivity index (χ2v) is 5.72. The summed E-state index contributed by atoms with van der Waals surface area (Å²) < 4.78 is 38.1. The Morgan fingerprint density at radius 3 is 2.42 bits per heavy atom. The number of thioether (sulfide) groups is 1. The molecule has 1 aliphatic rings. The van der Waals surface area contributed by atoms with Crippen molar-refractivity contribution in [3.05, 3.63) is 11.9 Å². The fourth-order valence-corrected chi connectivity index (χ4v) is 2.36. The zero-order valence-corrected chi connectivity index (χ0v) is 11.5. The quantitative estimate of drug-likeness (QED) is 0.874. The van der Waals surface area contributed by atoms with Gasteiger partial charge in [0, 0.05) is 24.4 Å². The van der Waals surface area contributed by atoms with Crippen LogP contribution in [0.5, 0.6) is 0 Å². The Labute approximate surface area is 113 Å². The highest BCUT2D eigenvalue weighted by Crippen LogP contribution is 2.47. The third-order valence-corrected chi connectivity index (χ3v) is 4.49. The monoisotopic (exact) mass is 292 g/mol. The summed E-state index contributed by atoms with van der Waals surface area (Å²) in [6, 6.07) is 1.48. The van der Waals surface area contributed by atoms with E-state index in [1.165, 1.54) is 13.1 Å². The number of halogens is 3. The number of hydrogen-bond donors (Lipinski definition) is 2. The molecule has 1 heterocycles. The fourth-order valence-electron chi connectivity index (χ4n) is 1.64. The normalized spacial score (nSPS) is 17.1. The molecule has 0 amide bonds. The molecule has 0 saturated heterocycles. The Balaban J connectivity index is 2.15. The molecule has 4 nitrogen and oxygen atoms in total. The Morgan fingerprint density at radius 2 is 1.95 bits per heavy atom. The van der Waals surface area contributed by atoms with Gasteiger partial charge in [0.2, 0.25) is 5.82 Å². The van der Waals surface area contributed by atoms with Crippen LogP contribution in [-0.2, 0) is 6.18 Å². The summed E-state index contributed by atoms with van der Waals surface area (Å²) in [6.07, 6.45) is -0.372. The van der Waals surface area contributed by atoms with Crippen LogP contribution in [-0.4, -0.2) is 34.6 Å². The zero-order valence-electron chi connectivity index (χ0n) is 10.6. The van der Waals surface area contributed by atoms with Gasteiger partial charge in [-0.2, -0.15) is 24.9 Å². The summed E-state index contributed by atoms with van der Waals surface area (Å²) in [7, 11) is 1.52. The number of alkyl halides is 3. The van der Waals surface area contributed by atoms with Gasteiger partial charge < -0.3 is 10.6 Å². The molecule has 0 aliphatic heterocycles. The molecule has 0 unspecified atom stereocenters. The molecule has 106 valence electrons. The van der Waals surface area contributed by atoms with Crippen LogP contribution in [0.3, 0.4) is 0 Å². The second-order valence-electron chi connectivity index (χ2n) is 4.45. The molecule has 1 fully saturated rings. The van der Waals surface area contributed by atoms with Crippen LogP contribution in [0, 0.1) is 0 Å². The van der Waals surface area contributed by atoms with Crippen molar-refractivity contribution in [1.82, 2.24) is 9.97 Å². The fraction of sp³-hybridized carbons (Fsp3) is 0.636. The first kappa shape index (κ1) is 14.2. The lowest BCUT2D eigenvalue weighted by molar-refractivity contribution is -0.144. The number of nitrogens with zero attached hydrogens (tertiary/aromatic N) is 2. The van der Waals surface area contributed by atoms with Gasteiger partial charge in [0.15, 0.2) is 0 Å². The molecule has 8 heteroatoms. The summed E-state index contributed by atoms with van der Waals surface area (Å²) in [4.78, 5) is 6.93.